The summed E-state index contributed by atoms with van der Waals surface area (Å²) in [5.74, 6) is 2.32. The fourth-order valence-electron chi connectivity index (χ4n) is 3.46. The highest BCUT2D eigenvalue weighted by molar-refractivity contribution is 6.03. The van der Waals surface area contributed by atoms with Gasteiger partial charge in [-0.2, -0.15) is 4.98 Å². The van der Waals surface area contributed by atoms with Crippen molar-refractivity contribution in [1.29, 1.82) is 0 Å². The van der Waals surface area contributed by atoms with Crippen molar-refractivity contribution >= 4 is 22.6 Å². The highest BCUT2D eigenvalue weighted by Crippen LogP contribution is 2.24. The van der Waals surface area contributed by atoms with E-state index in [2.05, 4.69) is 20.3 Å². The number of fused-ring (bicyclic) bond motifs is 1. The number of ether oxygens (including phenoxy) is 1. The van der Waals surface area contributed by atoms with Crippen LogP contribution in [0, 0.1) is 13.8 Å². The number of hydrogen-bond acceptors (Lipinski definition) is 7. The summed E-state index contributed by atoms with van der Waals surface area (Å²) in [4.78, 5) is 37.8. The zero-order chi connectivity index (χ0) is 23.7. The van der Waals surface area contributed by atoms with Crippen molar-refractivity contribution in [2.45, 2.75) is 13.8 Å². The number of rotatable bonds is 5. The van der Waals surface area contributed by atoms with E-state index in [9.17, 15) is 9.59 Å². The van der Waals surface area contributed by atoms with Gasteiger partial charge in [0.05, 0.1) is 5.39 Å². The molecule has 1 amide bonds. The van der Waals surface area contributed by atoms with E-state index in [1.54, 1.807) is 67.7 Å². The Balaban J connectivity index is 1.32. The third-order valence-electron chi connectivity index (χ3n) is 5.07. The third kappa shape index (κ3) is 4.26. The summed E-state index contributed by atoms with van der Waals surface area (Å²) >= 11 is 0. The maximum Gasteiger partial charge on any atom is 0.291 e. The number of carbonyl (C=O) groups excluding carboxylic acids is 1. The second-order valence-corrected chi connectivity index (χ2v) is 7.51. The SMILES string of the molecule is Cc1nc(Oc2ccc(NC(=O)c3cc(=O)c4ccccc4o3)cc2)cc(-n2ccnc2C)n1. The van der Waals surface area contributed by atoms with Crippen LogP contribution in [-0.4, -0.2) is 25.4 Å². The topological polar surface area (TPSA) is 112 Å². The molecule has 5 aromatic rings. The van der Waals surface area contributed by atoms with E-state index in [-0.39, 0.29) is 11.2 Å². The molecule has 9 nitrogen and oxygen atoms in total. The maximum absolute atomic E-state index is 12.6. The minimum atomic E-state index is -0.525. The van der Waals surface area contributed by atoms with E-state index < -0.39 is 5.91 Å². The molecule has 0 aliphatic heterocycles. The number of aromatic nitrogens is 4. The molecule has 0 saturated heterocycles. The summed E-state index contributed by atoms with van der Waals surface area (Å²) < 4.78 is 13.3. The Morgan fingerprint density at radius 3 is 2.59 bits per heavy atom. The van der Waals surface area contributed by atoms with E-state index in [1.165, 1.54) is 6.07 Å². The smallest absolute Gasteiger partial charge is 0.291 e. The van der Waals surface area contributed by atoms with Gasteiger partial charge in [0, 0.05) is 30.2 Å². The van der Waals surface area contributed by atoms with Crippen LogP contribution in [0.25, 0.3) is 16.8 Å². The Labute approximate surface area is 193 Å². The van der Waals surface area contributed by atoms with Gasteiger partial charge in [0.1, 0.15) is 28.8 Å². The molecule has 0 spiro atoms. The lowest BCUT2D eigenvalue weighted by Gasteiger charge is -2.10. The quantitative estimate of drug-likeness (QED) is 0.419. The third-order valence-corrected chi connectivity index (χ3v) is 5.07. The molecule has 0 atom stereocenters. The van der Waals surface area contributed by atoms with Gasteiger partial charge < -0.3 is 14.5 Å². The number of benzene rings is 2. The molecule has 0 fully saturated rings. The molecular formula is C25H19N5O4. The maximum atomic E-state index is 12.6. The number of para-hydroxylation sites is 1. The zero-order valence-corrected chi connectivity index (χ0v) is 18.4. The average molecular weight is 453 g/mol. The number of nitrogens with zero attached hydrogens (tertiary/aromatic N) is 4. The molecule has 168 valence electrons. The molecule has 0 saturated carbocycles. The summed E-state index contributed by atoms with van der Waals surface area (Å²) in [6.45, 7) is 3.67. The van der Waals surface area contributed by atoms with Gasteiger partial charge in [-0.1, -0.05) is 12.1 Å². The van der Waals surface area contributed by atoms with Crippen LogP contribution in [0.15, 0.2) is 82.3 Å². The lowest BCUT2D eigenvalue weighted by molar-refractivity contribution is 0.0997. The van der Waals surface area contributed by atoms with Gasteiger partial charge in [0.25, 0.3) is 5.91 Å². The number of anilines is 1. The van der Waals surface area contributed by atoms with Crippen molar-refractivity contribution in [2.75, 3.05) is 5.32 Å². The van der Waals surface area contributed by atoms with Gasteiger partial charge in [-0.25, -0.2) is 9.97 Å². The normalized spacial score (nSPS) is 10.9. The fourth-order valence-corrected chi connectivity index (χ4v) is 3.46. The summed E-state index contributed by atoms with van der Waals surface area (Å²) in [5.41, 5.74) is 0.595. The number of aryl methyl sites for hydroxylation is 2. The first-order chi connectivity index (χ1) is 16.5. The molecule has 0 aliphatic rings. The number of amides is 1. The number of hydrogen-bond donors (Lipinski definition) is 1. The molecular weight excluding hydrogens is 434 g/mol. The van der Waals surface area contributed by atoms with Gasteiger partial charge in [-0.15, -0.1) is 0 Å². The lowest BCUT2D eigenvalue weighted by Crippen LogP contribution is -2.14. The van der Waals surface area contributed by atoms with E-state index in [0.29, 0.717) is 39.9 Å². The molecule has 5 rings (SSSR count). The van der Waals surface area contributed by atoms with Crippen molar-refractivity contribution in [1.82, 2.24) is 19.5 Å². The summed E-state index contributed by atoms with van der Waals surface area (Å²) in [6.07, 6.45) is 3.51. The van der Waals surface area contributed by atoms with Crippen molar-refractivity contribution in [3.05, 3.63) is 101 Å². The Hall–Kier alpha value is -4.79. The highest BCUT2D eigenvalue weighted by atomic mass is 16.5. The largest absolute Gasteiger partial charge is 0.451 e. The van der Waals surface area contributed by atoms with E-state index in [4.69, 9.17) is 9.15 Å². The monoisotopic (exact) mass is 453 g/mol. The molecule has 0 aliphatic carbocycles. The van der Waals surface area contributed by atoms with E-state index in [1.807, 2.05) is 17.7 Å². The first-order valence-electron chi connectivity index (χ1n) is 10.4. The van der Waals surface area contributed by atoms with Crippen molar-refractivity contribution in [3.8, 4) is 17.4 Å². The summed E-state index contributed by atoms with van der Waals surface area (Å²) in [7, 11) is 0. The fraction of sp³-hybridized carbons (Fsp3) is 0.0800. The van der Waals surface area contributed by atoms with Gasteiger partial charge in [0.15, 0.2) is 11.2 Å². The lowest BCUT2D eigenvalue weighted by atomic mass is 10.2. The molecule has 2 aromatic carbocycles. The van der Waals surface area contributed by atoms with Crippen LogP contribution in [0.1, 0.15) is 22.2 Å². The van der Waals surface area contributed by atoms with Gasteiger partial charge in [0.2, 0.25) is 5.88 Å². The molecule has 34 heavy (non-hydrogen) atoms. The van der Waals surface area contributed by atoms with E-state index >= 15 is 0 Å². The molecule has 1 N–H and O–H groups in total. The summed E-state index contributed by atoms with van der Waals surface area (Å²) in [6, 6.07) is 16.5. The first-order valence-corrected chi connectivity index (χ1v) is 10.4. The zero-order valence-electron chi connectivity index (χ0n) is 18.4. The van der Waals surface area contributed by atoms with Crippen LogP contribution >= 0.6 is 0 Å². The predicted octanol–water partition coefficient (Wildman–Crippen LogP) is 4.43. The molecule has 0 bridgehead atoms. The van der Waals surface area contributed by atoms with Gasteiger partial charge in [-0.05, 0) is 50.2 Å². The molecule has 3 heterocycles. The van der Waals surface area contributed by atoms with Crippen LogP contribution in [0.2, 0.25) is 0 Å². The second kappa shape index (κ2) is 8.62. The predicted molar refractivity (Wildman–Crippen MR) is 126 cm³/mol. The molecule has 9 heteroatoms. The molecule has 3 aromatic heterocycles. The Kier molecular flexibility index (Phi) is 5.35. The highest BCUT2D eigenvalue weighted by Gasteiger charge is 2.13. The number of carbonyl (C=O) groups is 1. The number of nitrogens with one attached hydrogen (secondary N) is 1. The number of imidazole rings is 1. The van der Waals surface area contributed by atoms with Crippen molar-refractivity contribution in [2.24, 2.45) is 0 Å². The van der Waals surface area contributed by atoms with Gasteiger partial charge in [-0.3, -0.25) is 14.2 Å². The van der Waals surface area contributed by atoms with Crippen LogP contribution in [0.5, 0.6) is 11.6 Å². The minimum Gasteiger partial charge on any atom is -0.451 e. The minimum absolute atomic E-state index is 0.0668. The first kappa shape index (κ1) is 21.1. The average Bonchev–Trinajstić information content (AvgIpc) is 3.26. The second-order valence-electron chi connectivity index (χ2n) is 7.51. The van der Waals surface area contributed by atoms with Crippen molar-refractivity contribution in [3.63, 3.8) is 0 Å². The van der Waals surface area contributed by atoms with Crippen LogP contribution in [-0.2, 0) is 0 Å². The molecule has 0 radical (unpaired) electrons. The van der Waals surface area contributed by atoms with E-state index in [0.717, 1.165) is 5.82 Å². The Bertz CT molecular complexity index is 1570. The van der Waals surface area contributed by atoms with Crippen LogP contribution in [0.3, 0.4) is 0 Å². The van der Waals surface area contributed by atoms with Crippen LogP contribution in [0.4, 0.5) is 5.69 Å². The standard InChI is InChI=1S/C25H19N5O4/c1-15-27-23(30-12-11-26-16(30)2)14-24(28-15)33-18-9-7-17(8-10-18)29-25(32)22-13-20(31)19-5-3-4-6-21(19)34-22/h3-14H,1-2H3,(H,29,32). The van der Waals surface area contributed by atoms with Crippen LogP contribution < -0.4 is 15.5 Å². The Morgan fingerprint density at radius 1 is 1.03 bits per heavy atom. The molecule has 0 unspecified atom stereocenters. The van der Waals surface area contributed by atoms with Crippen molar-refractivity contribution < 1.29 is 13.9 Å². The van der Waals surface area contributed by atoms with Gasteiger partial charge >= 0.3 is 0 Å². The Morgan fingerprint density at radius 2 is 1.82 bits per heavy atom. The summed E-state index contributed by atoms with van der Waals surface area (Å²) in [5, 5.41) is 3.14.